The van der Waals surface area contributed by atoms with Crippen LogP contribution in [0.1, 0.15) is 10.4 Å². The van der Waals surface area contributed by atoms with E-state index < -0.39 is 5.97 Å². The summed E-state index contributed by atoms with van der Waals surface area (Å²) in [5, 5.41) is 0.337. The van der Waals surface area contributed by atoms with Crippen molar-refractivity contribution in [2.24, 2.45) is 4.99 Å². The lowest BCUT2D eigenvalue weighted by Gasteiger charge is -2.03. The average molecular weight is 366 g/mol. The van der Waals surface area contributed by atoms with Gasteiger partial charge in [-0.25, -0.2) is 9.79 Å². The summed E-state index contributed by atoms with van der Waals surface area (Å²) in [4.78, 5) is 16.0. The summed E-state index contributed by atoms with van der Waals surface area (Å²) in [5.41, 5.74) is 0.879. The lowest BCUT2D eigenvalue weighted by molar-refractivity contribution is 0.0601. The smallest absolute Gasteiger partial charge is 0.340 e. The number of nitrogens with zero attached hydrogens (tertiary/aromatic N) is 2. The summed E-state index contributed by atoms with van der Waals surface area (Å²) in [6.45, 7) is 0. The van der Waals surface area contributed by atoms with Crippen molar-refractivity contribution in [1.29, 1.82) is 0 Å². The molecule has 0 amide bonds. The molecular formula is C10H6BrClN2O2S2. The molecule has 0 saturated heterocycles. The van der Waals surface area contributed by atoms with Gasteiger partial charge in [0.2, 0.25) is 0 Å². The Balaban J connectivity index is 2.58. The molecule has 0 N–H and O–H groups in total. The maximum absolute atomic E-state index is 11.7. The fourth-order valence-electron chi connectivity index (χ4n) is 1.21. The summed E-state index contributed by atoms with van der Waals surface area (Å²) in [7, 11) is 3.92. The average Bonchev–Trinajstić information content (AvgIpc) is 2.76. The topological polar surface area (TPSA) is 51.5 Å². The van der Waals surface area contributed by atoms with Gasteiger partial charge in [-0.05, 0) is 28.5 Å². The molecule has 18 heavy (non-hydrogen) atoms. The zero-order valence-electron chi connectivity index (χ0n) is 9.02. The Kier molecular flexibility index (Phi) is 4.50. The Hall–Kier alpha value is -0.760. The first kappa shape index (κ1) is 13.7. The van der Waals surface area contributed by atoms with Crippen LogP contribution in [-0.4, -0.2) is 17.5 Å². The quantitative estimate of drug-likeness (QED) is 0.603. The maximum atomic E-state index is 11.7. The van der Waals surface area contributed by atoms with Crippen LogP contribution in [-0.2, 0) is 4.74 Å². The minimum atomic E-state index is -0.445. The summed E-state index contributed by atoms with van der Waals surface area (Å²) in [6.07, 6.45) is 0. The van der Waals surface area contributed by atoms with Gasteiger partial charge in [0.1, 0.15) is 0 Å². The zero-order chi connectivity index (χ0) is 13.1. The molecule has 1 heterocycles. The van der Waals surface area contributed by atoms with E-state index in [4.69, 9.17) is 16.3 Å². The number of ether oxygens (including phenoxy) is 1. The molecule has 0 bridgehead atoms. The highest BCUT2D eigenvalue weighted by Gasteiger charge is 2.12. The largest absolute Gasteiger partial charge is 0.465 e. The lowest BCUT2D eigenvalue weighted by atomic mass is 10.2. The molecule has 0 spiro atoms. The molecule has 94 valence electrons. The van der Waals surface area contributed by atoms with E-state index in [1.165, 1.54) is 28.0 Å². The van der Waals surface area contributed by atoms with Crippen molar-refractivity contribution < 1.29 is 9.53 Å². The summed E-state index contributed by atoms with van der Waals surface area (Å²) in [6, 6.07) is 5.17. The van der Waals surface area contributed by atoms with Crippen molar-refractivity contribution in [3.8, 4) is 0 Å². The molecule has 4 nitrogen and oxygen atoms in total. The summed E-state index contributed by atoms with van der Waals surface area (Å²) < 4.78 is 10.0. The van der Waals surface area contributed by atoms with Gasteiger partial charge in [-0.15, -0.1) is 0 Å². The molecule has 1 aromatic heterocycles. The van der Waals surface area contributed by atoms with E-state index in [2.05, 4.69) is 25.3 Å². The number of hydrogen-bond donors (Lipinski definition) is 0. The van der Waals surface area contributed by atoms with Crippen LogP contribution in [0.2, 0.25) is 5.15 Å². The number of esters is 1. The predicted molar refractivity (Wildman–Crippen MR) is 75.7 cm³/mol. The third-order valence-corrected chi connectivity index (χ3v) is 4.66. The van der Waals surface area contributed by atoms with Crippen LogP contribution in [0.15, 0.2) is 27.7 Å². The molecule has 0 radical (unpaired) electrons. The second kappa shape index (κ2) is 5.92. The molecule has 0 atom stereocenters. The van der Waals surface area contributed by atoms with E-state index >= 15 is 0 Å². The van der Waals surface area contributed by atoms with E-state index in [1.54, 1.807) is 18.2 Å². The Labute approximate surface area is 124 Å². The molecule has 0 aliphatic heterocycles. The van der Waals surface area contributed by atoms with Crippen molar-refractivity contribution in [1.82, 2.24) is 4.37 Å². The minimum Gasteiger partial charge on any atom is -0.465 e. The van der Waals surface area contributed by atoms with Gasteiger partial charge in [-0.1, -0.05) is 27.5 Å². The van der Waals surface area contributed by atoms with Gasteiger partial charge in [0, 0.05) is 15.0 Å². The van der Waals surface area contributed by atoms with Crippen LogP contribution in [0.25, 0.3) is 0 Å². The van der Waals surface area contributed by atoms with Gasteiger partial charge in [0.15, 0.2) is 9.82 Å². The molecule has 2 aromatic rings. The molecule has 0 saturated carbocycles. The predicted octanol–water partition coefficient (Wildman–Crippen LogP) is 3.64. The lowest BCUT2D eigenvalue weighted by Crippen LogP contribution is -2.03. The highest BCUT2D eigenvalue weighted by Crippen LogP contribution is 2.24. The highest BCUT2D eigenvalue weighted by molar-refractivity contribution is 9.10. The number of hydrogen-bond acceptors (Lipinski definition) is 6. The summed E-state index contributed by atoms with van der Waals surface area (Å²) >= 11 is 9.18. The number of halogens is 2. The van der Waals surface area contributed by atoms with Crippen LogP contribution >= 0.6 is 48.4 Å². The molecule has 0 fully saturated rings. The monoisotopic (exact) mass is 364 g/mol. The standard InChI is InChI=1S/C10H6BrClN2O2S2/c1-16-10(15)6-4-5(11)2-3-7(6)13-9-8(12)14-18-17-9/h2-4H,1H3. The Morgan fingerprint density at radius 1 is 1.56 bits per heavy atom. The minimum absolute atomic E-state index is 0.337. The summed E-state index contributed by atoms with van der Waals surface area (Å²) in [5.74, 6) is -0.445. The van der Waals surface area contributed by atoms with Gasteiger partial charge in [-0.3, -0.25) is 0 Å². The van der Waals surface area contributed by atoms with Crippen LogP contribution < -0.4 is 4.67 Å². The van der Waals surface area contributed by atoms with Gasteiger partial charge in [0.05, 0.1) is 18.4 Å². The molecule has 8 heteroatoms. The van der Waals surface area contributed by atoms with E-state index in [9.17, 15) is 4.79 Å². The van der Waals surface area contributed by atoms with E-state index in [0.717, 1.165) is 4.47 Å². The normalized spacial score (nSPS) is 11.6. The molecule has 0 unspecified atom stereocenters. The number of methoxy groups -OCH3 is 1. The van der Waals surface area contributed by atoms with Gasteiger partial charge in [-0.2, -0.15) is 4.37 Å². The molecule has 0 aliphatic carbocycles. The van der Waals surface area contributed by atoms with E-state index in [0.29, 0.717) is 21.1 Å². The third-order valence-electron chi connectivity index (χ3n) is 2.00. The molecule has 0 aliphatic rings. The number of benzene rings is 1. The van der Waals surface area contributed by atoms with Gasteiger partial charge < -0.3 is 4.74 Å². The molecular weight excluding hydrogens is 360 g/mol. The number of aromatic nitrogens is 1. The van der Waals surface area contributed by atoms with Crippen LogP contribution in [0, 0.1) is 0 Å². The van der Waals surface area contributed by atoms with E-state index in [-0.39, 0.29) is 0 Å². The first-order chi connectivity index (χ1) is 8.61. The Morgan fingerprint density at radius 2 is 2.33 bits per heavy atom. The van der Waals surface area contributed by atoms with Crippen molar-refractivity contribution >= 4 is 60.1 Å². The van der Waals surface area contributed by atoms with Crippen molar-refractivity contribution in [2.45, 2.75) is 0 Å². The fraction of sp³-hybridized carbons (Fsp3) is 0.100. The van der Waals surface area contributed by atoms with E-state index in [1.807, 2.05) is 0 Å². The van der Waals surface area contributed by atoms with Crippen molar-refractivity contribution in [3.63, 3.8) is 0 Å². The highest BCUT2D eigenvalue weighted by atomic mass is 79.9. The Morgan fingerprint density at radius 3 is 2.94 bits per heavy atom. The van der Waals surface area contributed by atoms with Crippen molar-refractivity contribution in [2.75, 3.05) is 7.11 Å². The second-order valence-electron chi connectivity index (χ2n) is 3.11. The number of carbonyl (C=O) groups excluding carboxylic acids is 1. The van der Waals surface area contributed by atoms with Crippen molar-refractivity contribution in [3.05, 3.63) is 38.1 Å². The van der Waals surface area contributed by atoms with Gasteiger partial charge >= 0.3 is 5.97 Å². The Bertz CT molecular complexity index is 653. The third kappa shape index (κ3) is 2.97. The molecule has 2 rings (SSSR count). The van der Waals surface area contributed by atoms with Crippen LogP contribution in [0.3, 0.4) is 0 Å². The second-order valence-corrected chi connectivity index (χ2v) is 6.22. The van der Waals surface area contributed by atoms with Crippen LogP contribution in [0.4, 0.5) is 5.69 Å². The maximum Gasteiger partial charge on any atom is 0.340 e. The molecule has 1 aromatic carbocycles. The SMILES string of the molecule is COC(=O)c1cc(Br)ccc1N=c1ssnc1Cl. The zero-order valence-corrected chi connectivity index (χ0v) is 13.0. The fourth-order valence-corrected chi connectivity index (χ4v) is 3.56. The number of rotatable bonds is 2. The first-order valence-corrected chi connectivity index (χ1v) is 7.93. The first-order valence-electron chi connectivity index (χ1n) is 4.66. The van der Waals surface area contributed by atoms with Gasteiger partial charge in [0.25, 0.3) is 0 Å². The van der Waals surface area contributed by atoms with Crippen LogP contribution in [0.5, 0.6) is 0 Å². The number of carbonyl (C=O) groups is 1.